The summed E-state index contributed by atoms with van der Waals surface area (Å²) in [5.74, 6) is 0.558. The summed E-state index contributed by atoms with van der Waals surface area (Å²) in [7, 11) is 0. The van der Waals surface area contributed by atoms with Crippen molar-refractivity contribution in [2.75, 3.05) is 5.73 Å². The van der Waals surface area contributed by atoms with E-state index in [0.717, 1.165) is 18.5 Å². The van der Waals surface area contributed by atoms with Gasteiger partial charge in [0, 0.05) is 0 Å². The summed E-state index contributed by atoms with van der Waals surface area (Å²) in [5, 5.41) is 10.5. The molecule has 0 unspecified atom stereocenters. The maximum Gasteiger partial charge on any atom is 0.168 e. The fraction of sp³-hybridized carbons (Fsp3) is 0.800. The predicted molar refractivity (Wildman–Crippen MR) is 104 cm³/mol. The summed E-state index contributed by atoms with van der Waals surface area (Å²) in [4.78, 5) is 0. The van der Waals surface area contributed by atoms with Gasteiger partial charge in [-0.05, 0) is 38.5 Å². The number of anilines is 1. The molecule has 1 aromatic heterocycles. The number of H-pyrrole nitrogens is 1. The Kier molecular flexibility index (Phi) is 13.1. The maximum absolute atomic E-state index is 5.70. The zero-order valence-electron chi connectivity index (χ0n) is 15.7. The Morgan fingerprint density at radius 2 is 1.29 bits per heavy atom. The van der Waals surface area contributed by atoms with Crippen molar-refractivity contribution >= 4 is 5.82 Å². The van der Waals surface area contributed by atoms with Crippen molar-refractivity contribution in [3.05, 3.63) is 17.8 Å². The monoisotopic (exact) mass is 334 g/mol. The molecule has 0 saturated heterocycles. The minimum atomic E-state index is 0.558. The number of allylic oxidation sites excluding steroid dienone is 2. The van der Waals surface area contributed by atoms with Crippen LogP contribution in [-0.2, 0) is 6.42 Å². The van der Waals surface area contributed by atoms with Gasteiger partial charge in [-0.2, -0.15) is 10.3 Å². The Morgan fingerprint density at radius 3 is 1.83 bits per heavy atom. The highest BCUT2D eigenvalue weighted by molar-refractivity contribution is 5.31. The number of nitrogens with one attached hydrogen (secondary N) is 1. The first-order chi connectivity index (χ1) is 11.8. The van der Waals surface area contributed by atoms with Crippen LogP contribution in [0.4, 0.5) is 5.82 Å². The molecule has 1 aromatic rings. The van der Waals surface area contributed by atoms with E-state index in [4.69, 9.17) is 5.73 Å². The standard InChI is InChI=1S/C20H38N4/c1-2-3-4-5-6-7-8-9-10-11-12-13-14-15-16-17-18-19-20(21)23-24-22-19/h9-10H,2-8,11-18H2,1H3,(H3,21,22,23,24)/b10-9-. The molecule has 0 aromatic carbocycles. The van der Waals surface area contributed by atoms with Crippen molar-refractivity contribution in [3.63, 3.8) is 0 Å². The Bertz CT molecular complexity index is 412. The van der Waals surface area contributed by atoms with E-state index in [-0.39, 0.29) is 0 Å². The number of unbranched alkanes of at least 4 members (excludes halogenated alkanes) is 12. The lowest BCUT2D eigenvalue weighted by atomic mass is 10.1. The summed E-state index contributed by atoms with van der Waals surface area (Å²) >= 11 is 0. The normalized spacial score (nSPS) is 11.5. The van der Waals surface area contributed by atoms with Gasteiger partial charge in [0.25, 0.3) is 0 Å². The largest absolute Gasteiger partial charge is 0.381 e. The molecule has 0 radical (unpaired) electrons. The van der Waals surface area contributed by atoms with Crippen LogP contribution in [0.5, 0.6) is 0 Å². The Morgan fingerprint density at radius 1 is 0.750 bits per heavy atom. The Hall–Kier alpha value is -1.32. The second-order valence-electron chi connectivity index (χ2n) is 6.84. The van der Waals surface area contributed by atoms with E-state index < -0.39 is 0 Å². The quantitative estimate of drug-likeness (QED) is 0.289. The van der Waals surface area contributed by atoms with Crippen LogP contribution >= 0.6 is 0 Å². The third-order valence-electron chi connectivity index (χ3n) is 4.58. The lowest BCUT2D eigenvalue weighted by Crippen LogP contribution is -1.93. The van der Waals surface area contributed by atoms with Crippen LogP contribution in [0.15, 0.2) is 12.2 Å². The van der Waals surface area contributed by atoms with Crippen LogP contribution in [0.25, 0.3) is 0 Å². The zero-order chi connectivity index (χ0) is 17.3. The molecule has 1 heterocycles. The molecular weight excluding hydrogens is 296 g/mol. The van der Waals surface area contributed by atoms with Crippen LogP contribution in [0, 0.1) is 0 Å². The van der Waals surface area contributed by atoms with E-state index >= 15 is 0 Å². The smallest absolute Gasteiger partial charge is 0.168 e. The third-order valence-corrected chi connectivity index (χ3v) is 4.58. The number of hydrogen-bond donors (Lipinski definition) is 2. The molecule has 1 rings (SSSR count). The summed E-state index contributed by atoms with van der Waals surface area (Å²) < 4.78 is 0. The topological polar surface area (TPSA) is 67.6 Å². The molecule has 4 heteroatoms. The van der Waals surface area contributed by atoms with Gasteiger partial charge in [0.2, 0.25) is 0 Å². The number of hydrogen-bond acceptors (Lipinski definition) is 3. The Labute approximate surface area is 148 Å². The lowest BCUT2D eigenvalue weighted by Gasteiger charge is -2.00. The van der Waals surface area contributed by atoms with Crippen LogP contribution in [-0.4, -0.2) is 15.4 Å². The number of aromatic nitrogens is 3. The second kappa shape index (κ2) is 15.2. The summed E-state index contributed by atoms with van der Waals surface area (Å²) in [6.45, 7) is 2.28. The lowest BCUT2D eigenvalue weighted by molar-refractivity contribution is 0.593. The van der Waals surface area contributed by atoms with E-state index in [0.29, 0.717) is 5.82 Å². The van der Waals surface area contributed by atoms with E-state index in [2.05, 4.69) is 34.5 Å². The highest BCUT2D eigenvalue weighted by atomic mass is 15.3. The van der Waals surface area contributed by atoms with Gasteiger partial charge in [-0.1, -0.05) is 76.9 Å². The average molecular weight is 335 g/mol. The van der Waals surface area contributed by atoms with Gasteiger partial charge in [0.05, 0.1) is 0 Å². The molecule has 0 amide bonds. The van der Waals surface area contributed by atoms with Crippen LogP contribution in [0.1, 0.15) is 103 Å². The molecule has 3 N–H and O–H groups in total. The van der Waals surface area contributed by atoms with E-state index in [1.165, 1.54) is 83.5 Å². The van der Waals surface area contributed by atoms with Gasteiger partial charge in [-0.25, -0.2) is 0 Å². The number of nitrogen functional groups attached to an aromatic ring is 1. The predicted octanol–water partition coefficient (Wildman–Crippen LogP) is 5.97. The first kappa shape index (κ1) is 20.7. The van der Waals surface area contributed by atoms with E-state index in [9.17, 15) is 0 Å². The average Bonchev–Trinajstić information content (AvgIpc) is 2.99. The molecule has 0 aliphatic carbocycles. The van der Waals surface area contributed by atoms with Crippen LogP contribution < -0.4 is 5.73 Å². The minimum Gasteiger partial charge on any atom is -0.381 e. The molecule has 0 spiro atoms. The van der Waals surface area contributed by atoms with Gasteiger partial charge in [-0.15, -0.1) is 5.10 Å². The maximum atomic E-state index is 5.70. The van der Waals surface area contributed by atoms with Gasteiger partial charge in [0.15, 0.2) is 5.82 Å². The number of aromatic amines is 1. The number of rotatable bonds is 16. The van der Waals surface area contributed by atoms with Crippen molar-refractivity contribution < 1.29 is 0 Å². The third kappa shape index (κ3) is 11.3. The van der Waals surface area contributed by atoms with Crippen LogP contribution in [0.2, 0.25) is 0 Å². The first-order valence-corrected chi connectivity index (χ1v) is 10.1. The van der Waals surface area contributed by atoms with E-state index in [1.807, 2.05) is 0 Å². The molecule has 0 fully saturated rings. The zero-order valence-corrected chi connectivity index (χ0v) is 15.7. The molecule has 0 aliphatic heterocycles. The van der Waals surface area contributed by atoms with Gasteiger partial charge in [-0.3, -0.25) is 0 Å². The highest BCUT2D eigenvalue weighted by Gasteiger charge is 2.02. The molecule has 0 atom stereocenters. The number of nitrogens with two attached hydrogens (primary N) is 1. The summed E-state index contributed by atoms with van der Waals surface area (Å²) in [6.07, 6.45) is 24.4. The van der Waals surface area contributed by atoms with Crippen molar-refractivity contribution in [3.8, 4) is 0 Å². The van der Waals surface area contributed by atoms with Gasteiger partial charge >= 0.3 is 0 Å². The van der Waals surface area contributed by atoms with Crippen molar-refractivity contribution in [1.29, 1.82) is 0 Å². The highest BCUT2D eigenvalue weighted by Crippen LogP contribution is 2.12. The van der Waals surface area contributed by atoms with Crippen molar-refractivity contribution in [1.82, 2.24) is 15.4 Å². The number of aryl methyl sites for hydroxylation is 1. The van der Waals surface area contributed by atoms with Gasteiger partial charge in [0.1, 0.15) is 5.69 Å². The molecular formula is C20H38N4. The van der Waals surface area contributed by atoms with E-state index in [1.54, 1.807) is 0 Å². The fourth-order valence-electron chi connectivity index (χ4n) is 2.98. The molecule has 0 aliphatic rings. The van der Waals surface area contributed by atoms with Crippen molar-refractivity contribution in [2.24, 2.45) is 0 Å². The second-order valence-corrected chi connectivity index (χ2v) is 6.84. The molecule has 0 bridgehead atoms. The molecule has 138 valence electrons. The fourth-order valence-corrected chi connectivity index (χ4v) is 2.98. The SMILES string of the molecule is CCCCCCCC/C=C\CCCCCCCCc1n[nH]nc1N. The van der Waals surface area contributed by atoms with Crippen LogP contribution in [0.3, 0.4) is 0 Å². The van der Waals surface area contributed by atoms with Crippen molar-refractivity contribution in [2.45, 2.75) is 103 Å². The first-order valence-electron chi connectivity index (χ1n) is 10.1. The molecule has 4 nitrogen and oxygen atoms in total. The summed E-state index contributed by atoms with van der Waals surface area (Å²) in [5.41, 5.74) is 6.62. The molecule has 24 heavy (non-hydrogen) atoms. The number of nitrogens with zero attached hydrogens (tertiary/aromatic N) is 2. The summed E-state index contributed by atoms with van der Waals surface area (Å²) in [6, 6.07) is 0. The Balaban J connectivity index is 1.77. The molecule has 0 saturated carbocycles. The minimum absolute atomic E-state index is 0.558. The van der Waals surface area contributed by atoms with Gasteiger partial charge < -0.3 is 5.73 Å².